The Labute approximate surface area is 165 Å². The van der Waals surface area contributed by atoms with Crippen LogP contribution < -0.4 is 15.6 Å². The summed E-state index contributed by atoms with van der Waals surface area (Å²) in [6.07, 6.45) is 0. The molecule has 4 aromatic rings. The lowest BCUT2D eigenvalue weighted by Gasteiger charge is -2.15. The van der Waals surface area contributed by atoms with Crippen molar-refractivity contribution >= 4 is 33.0 Å². The molecule has 0 aliphatic carbocycles. The van der Waals surface area contributed by atoms with E-state index in [4.69, 9.17) is 4.74 Å². The van der Waals surface area contributed by atoms with E-state index < -0.39 is 6.04 Å². The number of hydrogen-bond acceptors (Lipinski definition) is 5. The summed E-state index contributed by atoms with van der Waals surface area (Å²) in [5, 5.41) is 9.25. The molecule has 0 fully saturated rings. The lowest BCUT2D eigenvalue weighted by atomic mass is 10.2. The van der Waals surface area contributed by atoms with Crippen molar-refractivity contribution in [1.82, 2.24) is 19.5 Å². The standard InChI is InChI=1S/C20H20N4O3S/c1-12(19(25)21-11-14-4-6-15(27-3)7-5-14)24-20(26)17-10-18-16(8-9-28-18)23(17)13(2)22-24/h4-10,12H,11H2,1-3H3,(H,21,25). The quantitative estimate of drug-likeness (QED) is 0.563. The lowest BCUT2D eigenvalue weighted by molar-refractivity contribution is -0.124. The number of amides is 1. The Hall–Kier alpha value is -3.13. The summed E-state index contributed by atoms with van der Waals surface area (Å²) in [6.45, 7) is 3.88. The summed E-state index contributed by atoms with van der Waals surface area (Å²) in [4.78, 5) is 25.6. The zero-order chi connectivity index (χ0) is 19.8. The molecule has 0 saturated carbocycles. The average molecular weight is 396 g/mol. The van der Waals surface area contributed by atoms with Gasteiger partial charge in [-0.3, -0.25) is 14.0 Å². The van der Waals surface area contributed by atoms with Crippen LogP contribution >= 0.6 is 11.3 Å². The summed E-state index contributed by atoms with van der Waals surface area (Å²) in [7, 11) is 1.61. The number of hydrogen-bond donors (Lipinski definition) is 1. The van der Waals surface area contributed by atoms with Crippen LogP contribution in [0.5, 0.6) is 5.75 Å². The van der Waals surface area contributed by atoms with E-state index in [9.17, 15) is 9.59 Å². The highest BCUT2D eigenvalue weighted by molar-refractivity contribution is 7.17. The van der Waals surface area contributed by atoms with Gasteiger partial charge in [0.15, 0.2) is 0 Å². The third-order valence-corrected chi connectivity index (χ3v) is 5.65. The summed E-state index contributed by atoms with van der Waals surface area (Å²) in [5.41, 5.74) is 2.16. The minimum atomic E-state index is -0.720. The number of fused-ring (bicyclic) bond motifs is 3. The first-order chi connectivity index (χ1) is 13.5. The van der Waals surface area contributed by atoms with Gasteiger partial charge in [-0.15, -0.1) is 11.3 Å². The Morgan fingerprint density at radius 2 is 2.00 bits per heavy atom. The van der Waals surface area contributed by atoms with Crippen molar-refractivity contribution < 1.29 is 9.53 Å². The van der Waals surface area contributed by atoms with Gasteiger partial charge < -0.3 is 10.1 Å². The molecular formula is C20H20N4O3S. The minimum Gasteiger partial charge on any atom is -0.497 e. The van der Waals surface area contributed by atoms with Crippen molar-refractivity contribution in [1.29, 1.82) is 0 Å². The Morgan fingerprint density at radius 1 is 1.25 bits per heavy atom. The van der Waals surface area contributed by atoms with E-state index in [-0.39, 0.29) is 11.5 Å². The SMILES string of the molecule is COc1ccc(CNC(=O)C(C)n2nc(C)n3c(cc4sccc43)c2=O)cc1. The summed E-state index contributed by atoms with van der Waals surface area (Å²) in [6, 6.07) is 10.6. The van der Waals surface area contributed by atoms with Gasteiger partial charge in [-0.2, -0.15) is 5.10 Å². The molecule has 3 aromatic heterocycles. The van der Waals surface area contributed by atoms with Gasteiger partial charge in [-0.25, -0.2) is 4.68 Å². The first-order valence-corrected chi connectivity index (χ1v) is 9.76. The van der Waals surface area contributed by atoms with Crippen molar-refractivity contribution in [3.05, 3.63) is 63.5 Å². The molecule has 1 unspecified atom stereocenters. The normalized spacial score (nSPS) is 12.4. The highest BCUT2D eigenvalue weighted by Gasteiger charge is 2.21. The number of nitrogens with zero attached hydrogens (tertiary/aromatic N) is 3. The molecule has 1 atom stereocenters. The third-order valence-electron chi connectivity index (χ3n) is 4.80. The van der Waals surface area contributed by atoms with E-state index in [1.165, 1.54) is 4.68 Å². The van der Waals surface area contributed by atoms with Gasteiger partial charge in [0, 0.05) is 6.54 Å². The molecule has 1 amide bonds. The fraction of sp³-hybridized carbons (Fsp3) is 0.250. The number of carbonyl (C=O) groups excluding carboxylic acids is 1. The van der Waals surface area contributed by atoms with Crippen molar-refractivity contribution in [3.63, 3.8) is 0 Å². The first kappa shape index (κ1) is 18.2. The average Bonchev–Trinajstić information content (AvgIpc) is 3.30. The molecule has 1 aromatic carbocycles. The summed E-state index contributed by atoms with van der Waals surface area (Å²) >= 11 is 1.57. The molecule has 0 radical (unpaired) electrons. The molecule has 0 saturated heterocycles. The topological polar surface area (TPSA) is 77.6 Å². The van der Waals surface area contributed by atoms with Gasteiger partial charge >= 0.3 is 0 Å². The highest BCUT2D eigenvalue weighted by Crippen LogP contribution is 2.24. The van der Waals surface area contributed by atoms with Gasteiger partial charge in [-0.05, 0) is 49.1 Å². The molecule has 0 bridgehead atoms. The Balaban J connectivity index is 1.58. The zero-order valence-corrected chi connectivity index (χ0v) is 16.6. The van der Waals surface area contributed by atoms with Crippen LogP contribution in [-0.4, -0.2) is 27.2 Å². The van der Waals surface area contributed by atoms with Gasteiger partial charge in [0.2, 0.25) is 5.91 Å². The molecule has 0 aliphatic heterocycles. The van der Waals surface area contributed by atoms with Crippen LogP contribution in [0.1, 0.15) is 24.4 Å². The molecule has 3 heterocycles. The van der Waals surface area contributed by atoms with Crippen molar-refractivity contribution in [2.24, 2.45) is 0 Å². The number of carbonyl (C=O) groups is 1. The minimum absolute atomic E-state index is 0.262. The Morgan fingerprint density at radius 3 is 2.71 bits per heavy atom. The number of nitrogens with one attached hydrogen (secondary N) is 1. The van der Waals surface area contributed by atoms with Crippen LogP contribution in [0.3, 0.4) is 0 Å². The number of aryl methyl sites for hydroxylation is 1. The van der Waals surface area contributed by atoms with Gasteiger partial charge in [0.05, 0.1) is 17.3 Å². The van der Waals surface area contributed by atoms with E-state index >= 15 is 0 Å². The van der Waals surface area contributed by atoms with Crippen LogP contribution in [-0.2, 0) is 11.3 Å². The second-order valence-corrected chi connectivity index (χ2v) is 7.52. The summed E-state index contributed by atoms with van der Waals surface area (Å²) in [5.74, 6) is 1.16. The smallest absolute Gasteiger partial charge is 0.291 e. The monoisotopic (exact) mass is 396 g/mol. The van der Waals surface area contributed by atoms with E-state index in [0.29, 0.717) is 17.9 Å². The lowest BCUT2D eigenvalue weighted by Crippen LogP contribution is -2.38. The second kappa shape index (κ2) is 7.12. The molecular weight excluding hydrogens is 376 g/mol. The molecule has 8 heteroatoms. The number of rotatable bonds is 5. The van der Waals surface area contributed by atoms with E-state index in [1.54, 1.807) is 25.4 Å². The maximum Gasteiger partial charge on any atom is 0.291 e. The molecule has 0 aliphatic rings. The van der Waals surface area contributed by atoms with E-state index in [0.717, 1.165) is 21.5 Å². The van der Waals surface area contributed by atoms with Gasteiger partial charge in [0.1, 0.15) is 23.1 Å². The largest absolute Gasteiger partial charge is 0.497 e. The third kappa shape index (κ3) is 3.05. The fourth-order valence-electron chi connectivity index (χ4n) is 3.25. The molecule has 1 N–H and O–H groups in total. The fourth-order valence-corrected chi connectivity index (χ4v) is 4.05. The number of thiophene rings is 1. The van der Waals surface area contributed by atoms with Crippen molar-refractivity contribution in [2.45, 2.75) is 26.4 Å². The predicted molar refractivity (Wildman–Crippen MR) is 109 cm³/mol. The zero-order valence-electron chi connectivity index (χ0n) is 15.8. The van der Waals surface area contributed by atoms with Gasteiger partial charge in [0.25, 0.3) is 5.56 Å². The van der Waals surface area contributed by atoms with Crippen molar-refractivity contribution in [3.8, 4) is 5.75 Å². The van der Waals surface area contributed by atoms with Gasteiger partial charge in [-0.1, -0.05) is 12.1 Å². The second-order valence-electron chi connectivity index (χ2n) is 6.57. The van der Waals surface area contributed by atoms with Crippen LogP contribution in [0.25, 0.3) is 15.7 Å². The number of benzene rings is 1. The van der Waals surface area contributed by atoms with Crippen LogP contribution in [0.4, 0.5) is 0 Å². The van der Waals surface area contributed by atoms with Crippen LogP contribution in [0.2, 0.25) is 0 Å². The molecule has 0 spiro atoms. The highest BCUT2D eigenvalue weighted by atomic mass is 32.1. The van der Waals surface area contributed by atoms with Crippen LogP contribution in [0.15, 0.2) is 46.6 Å². The first-order valence-electron chi connectivity index (χ1n) is 8.88. The Kier molecular flexibility index (Phi) is 4.64. The summed E-state index contributed by atoms with van der Waals surface area (Å²) < 4.78 is 9.26. The van der Waals surface area contributed by atoms with Crippen molar-refractivity contribution in [2.75, 3.05) is 7.11 Å². The number of methoxy groups -OCH3 is 1. The number of ether oxygens (including phenoxy) is 1. The molecule has 4 rings (SSSR count). The maximum atomic E-state index is 12.9. The van der Waals surface area contributed by atoms with E-state index in [1.807, 2.05) is 53.1 Å². The van der Waals surface area contributed by atoms with Crippen LogP contribution in [0, 0.1) is 6.92 Å². The maximum absolute atomic E-state index is 12.9. The van der Waals surface area contributed by atoms with E-state index in [2.05, 4.69) is 10.4 Å². The predicted octanol–water partition coefficient (Wildman–Crippen LogP) is 2.91. The Bertz CT molecular complexity index is 1220. The number of aromatic nitrogens is 3. The molecule has 144 valence electrons. The molecule has 7 nitrogen and oxygen atoms in total. The molecule has 28 heavy (non-hydrogen) atoms.